The summed E-state index contributed by atoms with van der Waals surface area (Å²) in [5, 5.41) is 10.3. The van der Waals surface area contributed by atoms with Crippen LogP contribution in [-0.2, 0) is 26.1 Å². The molecule has 0 atom stereocenters. The van der Waals surface area contributed by atoms with Gasteiger partial charge in [-0.2, -0.15) is 0 Å². The molecule has 2 aliphatic rings. The SMILES string of the molecule is COc1cc2c(cc1OC)CN(Cc1oc(CN3CCCCC3)cc(=O)c1O)CC2. The zero-order chi connectivity index (χ0) is 21.1. The Morgan fingerprint density at radius 3 is 2.33 bits per heavy atom. The molecular weight excluding hydrogens is 384 g/mol. The van der Waals surface area contributed by atoms with Gasteiger partial charge >= 0.3 is 0 Å². The molecule has 0 bridgehead atoms. The summed E-state index contributed by atoms with van der Waals surface area (Å²) in [6, 6.07) is 5.46. The van der Waals surface area contributed by atoms with Crippen LogP contribution in [0.1, 0.15) is 41.9 Å². The minimum absolute atomic E-state index is 0.282. The van der Waals surface area contributed by atoms with Crippen molar-refractivity contribution in [2.24, 2.45) is 0 Å². The standard InChI is InChI=1S/C23H30N2O5/c1-28-20-10-16-6-9-25(13-17(16)11-21(20)29-2)15-22-23(27)19(26)12-18(30-22)14-24-7-4-3-5-8-24/h10-12,27H,3-9,13-15H2,1-2H3. The molecular formula is C23H30N2O5. The van der Waals surface area contributed by atoms with Crippen molar-refractivity contribution in [1.29, 1.82) is 0 Å². The maximum Gasteiger partial charge on any atom is 0.227 e. The fourth-order valence-electron chi connectivity index (χ4n) is 4.39. The molecule has 7 nitrogen and oxygen atoms in total. The van der Waals surface area contributed by atoms with Crippen molar-refractivity contribution in [3.05, 3.63) is 51.1 Å². The topological polar surface area (TPSA) is 75.4 Å². The molecule has 30 heavy (non-hydrogen) atoms. The first-order chi connectivity index (χ1) is 14.6. The summed E-state index contributed by atoms with van der Waals surface area (Å²) in [6.07, 6.45) is 4.47. The third kappa shape index (κ3) is 4.47. The molecule has 0 saturated carbocycles. The van der Waals surface area contributed by atoms with Crippen LogP contribution in [0.5, 0.6) is 17.2 Å². The highest BCUT2D eigenvalue weighted by molar-refractivity contribution is 5.48. The van der Waals surface area contributed by atoms with E-state index in [1.165, 1.54) is 30.9 Å². The monoisotopic (exact) mass is 414 g/mol. The van der Waals surface area contributed by atoms with Crippen molar-refractivity contribution in [3.63, 3.8) is 0 Å². The van der Waals surface area contributed by atoms with E-state index in [0.29, 0.717) is 36.9 Å². The van der Waals surface area contributed by atoms with Crippen LogP contribution < -0.4 is 14.9 Å². The Morgan fingerprint density at radius 1 is 0.933 bits per heavy atom. The molecule has 3 heterocycles. The van der Waals surface area contributed by atoms with E-state index in [1.807, 2.05) is 12.1 Å². The van der Waals surface area contributed by atoms with Gasteiger partial charge in [-0.25, -0.2) is 0 Å². The molecule has 4 rings (SSSR count). The van der Waals surface area contributed by atoms with Crippen molar-refractivity contribution >= 4 is 0 Å². The molecule has 0 unspecified atom stereocenters. The van der Waals surface area contributed by atoms with Crippen LogP contribution in [0.25, 0.3) is 0 Å². The third-order valence-corrected chi connectivity index (χ3v) is 6.04. The lowest BCUT2D eigenvalue weighted by molar-refractivity contribution is 0.185. The molecule has 162 valence electrons. The van der Waals surface area contributed by atoms with Gasteiger partial charge in [-0.15, -0.1) is 0 Å². The van der Waals surface area contributed by atoms with Gasteiger partial charge in [-0.1, -0.05) is 6.42 Å². The quantitative estimate of drug-likeness (QED) is 0.779. The minimum atomic E-state index is -0.368. The van der Waals surface area contributed by atoms with Gasteiger partial charge in [0.05, 0.1) is 27.3 Å². The Morgan fingerprint density at radius 2 is 1.63 bits per heavy atom. The van der Waals surface area contributed by atoms with Gasteiger partial charge < -0.3 is 19.0 Å². The highest BCUT2D eigenvalue weighted by Crippen LogP contribution is 2.33. The van der Waals surface area contributed by atoms with E-state index in [9.17, 15) is 9.90 Å². The number of rotatable bonds is 6. The van der Waals surface area contributed by atoms with E-state index >= 15 is 0 Å². The van der Waals surface area contributed by atoms with E-state index in [2.05, 4.69) is 9.80 Å². The van der Waals surface area contributed by atoms with Crippen LogP contribution in [-0.4, -0.2) is 48.8 Å². The second-order valence-corrected chi connectivity index (χ2v) is 8.12. The van der Waals surface area contributed by atoms with Crippen molar-refractivity contribution in [1.82, 2.24) is 9.80 Å². The van der Waals surface area contributed by atoms with Crippen molar-refractivity contribution < 1.29 is 19.0 Å². The Kier molecular flexibility index (Phi) is 6.29. The number of nitrogens with zero attached hydrogens (tertiary/aromatic N) is 2. The average Bonchev–Trinajstić information content (AvgIpc) is 2.76. The second kappa shape index (κ2) is 9.10. The molecule has 1 aromatic carbocycles. The summed E-state index contributed by atoms with van der Waals surface area (Å²) >= 11 is 0. The number of hydrogen-bond acceptors (Lipinski definition) is 7. The van der Waals surface area contributed by atoms with Crippen molar-refractivity contribution in [2.75, 3.05) is 33.9 Å². The summed E-state index contributed by atoms with van der Waals surface area (Å²) in [5.41, 5.74) is 2.02. The van der Waals surface area contributed by atoms with Crippen molar-refractivity contribution in [2.45, 2.75) is 45.3 Å². The molecule has 1 N–H and O–H groups in total. The Balaban J connectivity index is 1.51. The van der Waals surface area contributed by atoms with Crippen molar-refractivity contribution in [3.8, 4) is 17.2 Å². The molecule has 2 aliphatic heterocycles. The summed E-state index contributed by atoms with van der Waals surface area (Å²) in [6.45, 7) is 4.55. The van der Waals surface area contributed by atoms with Crippen LogP contribution in [0.2, 0.25) is 0 Å². The Labute approximate surface area is 176 Å². The maximum atomic E-state index is 12.3. The van der Waals surface area contributed by atoms with E-state index in [0.717, 1.165) is 37.4 Å². The molecule has 0 spiro atoms. The summed E-state index contributed by atoms with van der Waals surface area (Å²) in [5.74, 6) is 2.13. The number of fused-ring (bicyclic) bond motifs is 1. The van der Waals surface area contributed by atoms with Gasteiger partial charge in [-0.05, 0) is 55.6 Å². The third-order valence-electron chi connectivity index (χ3n) is 6.04. The Hall–Kier alpha value is -2.51. The largest absolute Gasteiger partial charge is 0.502 e. The van der Waals surface area contributed by atoms with E-state index in [4.69, 9.17) is 13.9 Å². The molecule has 1 fully saturated rings. The zero-order valence-electron chi connectivity index (χ0n) is 17.8. The number of ether oxygens (including phenoxy) is 2. The molecule has 0 radical (unpaired) electrons. The summed E-state index contributed by atoms with van der Waals surface area (Å²) in [7, 11) is 3.27. The molecule has 7 heteroatoms. The lowest BCUT2D eigenvalue weighted by Crippen LogP contribution is -2.31. The van der Waals surface area contributed by atoms with Crippen LogP contribution in [0, 0.1) is 0 Å². The fraction of sp³-hybridized carbons (Fsp3) is 0.522. The van der Waals surface area contributed by atoms with E-state index < -0.39 is 0 Å². The van der Waals surface area contributed by atoms with Gasteiger partial charge in [0, 0.05) is 19.2 Å². The maximum absolute atomic E-state index is 12.3. The highest BCUT2D eigenvalue weighted by atomic mass is 16.5. The lowest BCUT2D eigenvalue weighted by atomic mass is 9.98. The van der Waals surface area contributed by atoms with Crippen LogP contribution >= 0.6 is 0 Å². The molecule has 0 amide bonds. The number of piperidine rings is 1. The van der Waals surface area contributed by atoms with Crippen LogP contribution in [0.3, 0.4) is 0 Å². The van der Waals surface area contributed by atoms with Gasteiger partial charge in [0.1, 0.15) is 5.76 Å². The zero-order valence-corrected chi connectivity index (χ0v) is 17.8. The highest BCUT2D eigenvalue weighted by Gasteiger charge is 2.23. The average molecular weight is 415 g/mol. The summed E-state index contributed by atoms with van der Waals surface area (Å²) in [4.78, 5) is 16.8. The van der Waals surface area contributed by atoms with Gasteiger partial charge in [-0.3, -0.25) is 14.6 Å². The number of aromatic hydroxyl groups is 1. The molecule has 1 saturated heterocycles. The predicted octanol–water partition coefficient (Wildman–Crippen LogP) is 2.91. The Bertz CT molecular complexity index is 949. The van der Waals surface area contributed by atoms with Crippen LogP contribution in [0.15, 0.2) is 27.4 Å². The lowest BCUT2D eigenvalue weighted by Gasteiger charge is -2.29. The first-order valence-corrected chi connectivity index (χ1v) is 10.6. The van der Waals surface area contributed by atoms with Gasteiger partial charge in [0.15, 0.2) is 17.3 Å². The molecule has 0 aliphatic carbocycles. The number of hydrogen-bond donors (Lipinski definition) is 1. The van der Waals surface area contributed by atoms with Crippen LogP contribution in [0.4, 0.5) is 0 Å². The minimum Gasteiger partial charge on any atom is -0.502 e. The number of benzene rings is 1. The van der Waals surface area contributed by atoms with E-state index in [-0.39, 0.29) is 11.2 Å². The first-order valence-electron chi connectivity index (χ1n) is 10.6. The normalized spacial score (nSPS) is 17.5. The first kappa shape index (κ1) is 20.8. The van der Waals surface area contributed by atoms with Gasteiger partial charge in [0.2, 0.25) is 11.2 Å². The smallest absolute Gasteiger partial charge is 0.227 e. The van der Waals surface area contributed by atoms with Gasteiger partial charge in [0.25, 0.3) is 0 Å². The van der Waals surface area contributed by atoms with E-state index in [1.54, 1.807) is 14.2 Å². The fourth-order valence-corrected chi connectivity index (χ4v) is 4.39. The summed E-state index contributed by atoms with van der Waals surface area (Å²) < 4.78 is 16.8. The number of methoxy groups -OCH3 is 2. The number of likely N-dealkylation sites (tertiary alicyclic amines) is 1. The molecule has 2 aromatic rings. The molecule has 1 aromatic heterocycles. The second-order valence-electron chi connectivity index (χ2n) is 8.12. The predicted molar refractivity (Wildman–Crippen MR) is 113 cm³/mol.